The Hall–Kier alpha value is 6.57. The van der Waals surface area contributed by atoms with Gasteiger partial charge in [-0.15, -0.1) is 0 Å². The molecule has 0 N–H and O–H groups in total. The summed E-state index contributed by atoms with van der Waals surface area (Å²) in [4.78, 5) is 34.8. The smallest absolute Gasteiger partial charge is 0.764 e. The van der Waals surface area contributed by atoms with E-state index in [2.05, 4.69) is 50.5 Å². The van der Waals surface area contributed by atoms with Crippen molar-refractivity contribution in [1.29, 1.82) is 0 Å². The van der Waals surface area contributed by atoms with Crippen molar-refractivity contribution < 1.29 is 292 Å². The van der Waals surface area contributed by atoms with Gasteiger partial charge in [-0.3, -0.25) is 0 Å². The van der Waals surface area contributed by atoms with Crippen LogP contribution in [0.3, 0.4) is 0 Å². The quantitative estimate of drug-likeness (QED) is 0.147. The third-order valence-corrected chi connectivity index (χ3v) is 0. The van der Waals surface area contributed by atoms with Gasteiger partial charge in [0.25, 0.3) is 0 Å². The fourth-order valence-corrected chi connectivity index (χ4v) is 0. The molecule has 0 spiro atoms. The molecule has 0 amide bonds. The van der Waals surface area contributed by atoms with Crippen molar-refractivity contribution in [3.05, 3.63) is 0 Å². The summed E-state index contributed by atoms with van der Waals surface area (Å²) in [5.41, 5.74) is 0. The standard InChI is InChI=1S/4CH2O2S.F2O2S.8Na/c4*2-1(3)4;1-5(2,3)4;;;;;;;;/h4*4H,(H,2,3);;;;;;;;;/q;;;;;8*+1/p-8. The van der Waals surface area contributed by atoms with Crippen molar-refractivity contribution in [2.45, 2.75) is 0 Å². The van der Waals surface area contributed by atoms with Crippen LogP contribution in [-0.4, -0.2) is 29.6 Å². The molecule has 0 aromatic carbocycles. The summed E-state index contributed by atoms with van der Waals surface area (Å²) in [5, 5.41) is 28.8. The van der Waals surface area contributed by atoms with E-state index in [1.54, 1.807) is 0 Å². The van der Waals surface area contributed by atoms with Crippen molar-refractivity contribution in [1.82, 2.24) is 0 Å². The number of hydrogen-bond acceptors (Lipinski definition) is 14. The molecule has 0 aliphatic rings. The van der Waals surface area contributed by atoms with Crippen molar-refractivity contribution in [2.24, 2.45) is 0 Å². The monoisotopic (exact) mass is 590 g/mol. The maximum Gasteiger partial charge on any atom is 1.00 e. The maximum atomic E-state index is 9.99. The molecule has 0 bridgehead atoms. The van der Waals surface area contributed by atoms with Gasteiger partial charge in [-0.2, -0.15) is 8.42 Å². The molecule has 0 aliphatic heterocycles. The average Bonchev–Trinajstić information content (AvgIpc) is 1.91. The van der Waals surface area contributed by atoms with Crippen LogP contribution < -0.4 is 257 Å². The molecular weight excluding hydrogens is 590 g/mol. The SMILES string of the molecule is O=C([O-])[S-].O=C([O-])[S-].O=C([O-])[S-].O=C([O-])[S-].O=S(=O)(F)F.[Na+].[Na+].[Na+].[Na+].[Na+].[Na+].[Na+].[Na+]. The van der Waals surface area contributed by atoms with E-state index in [0.29, 0.717) is 0 Å². The first-order valence-electron chi connectivity index (χ1n) is 3.09. The Bertz CT molecular complexity index is 360. The van der Waals surface area contributed by atoms with Crippen molar-refractivity contribution in [3.63, 3.8) is 0 Å². The number of hydrogen-bond donors (Lipinski definition) is 0. The zero-order valence-electron chi connectivity index (χ0n) is 16.9. The molecule has 0 atom stereocenters. The van der Waals surface area contributed by atoms with E-state index in [1.165, 1.54) is 0 Å². The Labute approximate surface area is 365 Å². The minimum atomic E-state index is -5.67. The van der Waals surface area contributed by atoms with Crippen molar-refractivity contribution >= 4 is 82.3 Å². The minimum Gasteiger partial charge on any atom is -0.764 e. The molecule has 0 aliphatic carbocycles. The first-order valence-corrected chi connectivity index (χ1v) is 6.01. The van der Waals surface area contributed by atoms with Gasteiger partial charge in [0.05, 0.1) is 0 Å². The van der Waals surface area contributed by atoms with Crippen molar-refractivity contribution in [2.75, 3.05) is 0 Å². The van der Waals surface area contributed by atoms with E-state index in [4.69, 9.17) is 48.0 Å². The second kappa shape index (κ2) is 64.5. The zero-order valence-corrected chi connectivity index (χ0v) is 37.0. The summed E-state index contributed by atoms with van der Waals surface area (Å²) >= 11 is 13.7. The van der Waals surface area contributed by atoms with E-state index in [-0.39, 0.29) is 236 Å². The topological polar surface area (TPSA) is 195 Å². The Morgan fingerprint density at radius 1 is 0.483 bits per heavy atom. The Morgan fingerprint density at radius 2 is 0.483 bits per heavy atom. The summed E-state index contributed by atoms with van der Waals surface area (Å²) in [6.45, 7) is 0. The summed E-state index contributed by atoms with van der Waals surface area (Å²) in [6, 6.07) is 0. The van der Waals surface area contributed by atoms with Gasteiger partial charge in [-0.05, 0) is 0 Å². The molecule has 10 nitrogen and oxygen atoms in total. The Morgan fingerprint density at radius 3 is 0.483 bits per heavy atom. The van der Waals surface area contributed by atoms with E-state index in [9.17, 15) is 7.77 Å². The maximum absolute atomic E-state index is 9.99. The van der Waals surface area contributed by atoms with E-state index >= 15 is 0 Å². The van der Waals surface area contributed by atoms with Gasteiger partial charge in [0.2, 0.25) is 0 Å². The molecule has 0 aromatic rings. The molecule has 0 rings (SSSR count). The van der Waals surface area contributed by atoms with Crippen LogP contribution in [0.5, 0.6) is 0 Å². The van der Waals surface area contributed by atoms with Crippen molar-refractivity contribution in [3.8, 4) is 0 Å². The van der Waals surface area contributed by atoms with Crippen LogP contribution in [-0.2, 0) is 61.1 Å². The second-order valence-corrected chi connectivity index (χ2v) is 3.47. The molecule has 0 unspecified atom stereocenters. The van der Waals surface area contributed by atoms with E-state index in [0.717, 1.165) is 0 Å². The summed E-state index contributed by atoms with van der Waals surface area (Å²) in [6.07, 6.45) is 0. The van der Waals surface area contributed by atoms with Crippen LogP contribution in [0.4, 0.5) is 26.9 Å². The third-order valence-electron chi connectivity index (χ3n) is 0. The van der Waals surface area contributed by atoms with Gasteiger partial charge in [0.15, 0.2) is 0 Å². The van der Waals surface area contributed by atoms with Crippen LogP contribution in [0.15, 0.2) is 0 Å². The zero-order chi connectivity index (χ0) is 18.8. The second-order valence-electron chi connectivity index (χ2n) is 1.38. The minimum absolute atomic E-state index is 0. The molecule has 0 heterocycles. The summed E-state index contributed by atoms with van der Waals surface area (Å²) < 4.78 is 36.6. The van der Waals surface area contributed by atoms with Crippen LogP contribution in [0.25, 0.3) is 0 Å². The largest absolute Gasteiger partial charge is 1.00 e. The third kappa shape index (κ3) is 850. The molecular formula is C4F2Na8O10S5. The summed E-state index contributed by atoms with van der Waals surface area (Å²) in [5.74, 6) is 0. The Balaban J connectivity index is -0.00000000941. The van der Waals surface area contributed by atoms with Crippen LogP contribution in [0, 0.1) is 0 Å². The van der Waals surface area contributed by atoms with Gasteiger partial charge >= 0.3 is 247 Å². The number of carbonyl (C=O) groups is 4. The first-order chi connectivity index (χ1) is 8.93. The molecule has 0 fully saturated rings. The van der Waals surface area contributed by atoms with E-state index in [1.807, 2.05) is 0 Å². The van der Waals surface area contributed by atoms with Gasteiger partial charge in [-0.25, -0.2) is 0 Å². The molecule has 0 aromatic heterocycles. The molecule has 29 heavy (non-hydrogen) atoms. The molecule has 0 saturated carbocycles. The number of carboxylic acid groups (broad SMARTS) is 4. The Kier molecular flexibility index (Phi) is 186. The summed E-state index contributed by atoms with van der Waals surface area (Å²) in [7, 11) is -5.67. The van der Waals surface area contributed by atoms with Gasteiger partial charge < -0.3 is 90.1 Å². The molecule has 0 radical (unpaired) electrons. The predicted molar refractivity (Wildman–Crippen MR) is 62.2 cm³/mol. The van der Waals surface area contributed by atoms with E-state index < -0.39 is 31.8 Å². The predicted octanol–water partition coefficient (Wildman–Crippen LogP) is -28.3. The number of carbonyl (C=O) groups excluding carboxylic acids is 4. The van der Waals surface area contributed by atoms with Crippen LogP contribution in [0.2, 0.25) is 0 Å². The average molecular weight is 590 g/mol. The molecule has 25 heteroatoms. The van der Waals surface area contributed by atoms with Crippen LogP contribution in [0.1, 0.15) is 0 Å². The first kappa shape index (κ1) is 83.4. The fraction of sp³-hybridized carbons (Fsp3) is 0. The molecule has 128 valence electrons. The fourth-order valence-electron chi connectivity index (χ4n) is 0. The van der Waals surface area contributed by atoms with Gasteiger partial charge in [0, 0.05) is 0 Å². The van der Waals surface area contributed by atoms with Gasteiger partial charge in [-0.1, -0.05) is 29.0 Å². The number of halogens is 2. The van der Waals surface area contributed by atoms with Gasteiger partial charge in [0.1, 0.15) is 0 Å². The number of rotatable bonds is 0. The normalized spacial score (nSPS) is 5.31. The van der Waals surface area contributed by atoms with Crippen LogP contribution >= 0.6 is 0 Å². The molecule has 0 saturated heterocycles.